The van der Waals surface area contributed by atoms with Crippen LogP contribution in [0, 0.1) is 0 Å². The molecule has 2 heterocycles. The van der Waals surface area contributed by atoms with Gasteiger partial charge in [0.25, 0.3) is 5.24 Å². The van der Waals surface area contributed by atoms with Crippen molar-refractivity contribution in [1.82, 2.24) is 9.88 Å². The van der Waals surface area contributed by atoms with Crippen molar-refractivity contribution < 1.29 is 9.59 Å². The van der Waals surface area contributed by atoms with E-state index in [9.17, 15) is 9.59 Å². The summed E-state index contributed by atoms with van der Waals surface area (Å²) < 4.78 is 0. The van der Waals surface area contributed by atoms with Gasteiger partial charge in [-0.2, -0.15) is 0 Å². The number of carbonyl (C=O) groups excluding carboxylic acids is 2. The molecule has 1 aliphatic rings. The number of rotatable bonds is 4. The molecule has 5 nitrogen and oxygen atoms in total. The van der Waals surface area contributed by atoms with Crippen LogP contribution in [0.25, 0.3) is 11.3 Å². The number of aromatic nitrogens is 1. The van der Waals surface area contributed by atoms with E-state index >= 15 is 0 Å². The Morgan fingerprint density at radius 2 is 2.00 bits per heavy atom. The fourth-order valence-corrected chi connectivity index (χ4v) is 4.07. The average Bonchev–Trinajstić information content (AvgIpc) is 3.16. The maximum absolute atomic E-state index is 12.1. The number of hydrogen-bond acceptors (Lipinski definition) is 5. The summed E-state index contributed by atoms with van der Waals surface area (Å²) in [5.41, 5.74) is 3.25. The molecule has 0 radical (unpaired) electrons. The van der Waals surface area contributed by atoms with Crippen molar-refractivity contribution in [1.29, 1.82) is 0 Å². The third-order valence-electron chi connectivity index (χ3n) is 3.98. The number of thioether (sulfide) groups is 1. The Balaban J connectivity index is 1.64. The molecule has 1 fully saturated rings. The van der Waals surface area contributed by atoms with Gasteiger partial charge in [-0.25, -0.2) is 4.98 Å². The molecule has 0 unspecified atom stereocenters. The van der Waals surface area contributed by atoms with E-state index in [2.05, 4.69) is 55.3 Å². The highest BCUT2D eigenvalue weighted by Crippen LogP contribution is 2.28. The molecule has 1 aliphatic heterocycles. The van der Waals surface area contributed by atoms with Crippen LogP contribution in [-0.2, 0) is 10.2 Å². The maximum Gasteiger partial charge on any atom is 0.282 e. The summed E-state index contributed by atoms with van der Waals surface area (Å²) in [6.45, 7) is 7.26. The smallest absolute Gasteiger partial charge is 0.282 e. The number of nitrogens with one attached hydrogen (secondary N) is 1. The van der Waals surface area contributed by atoms with Crippen molar-refractivity contribution in [3.63, 3.8) is 0 Å². The molecule has 7 heteroatoms. The van der Waals surface area contributed by atoms with E-state index < -0.39 is 0 Å². The normalized spacial score (nSPS) is 14.8. The largest absolute Gasteiger partial charge is 0.323 e. The minimum Gasteiger partial charge on any atom is -0.323 e. The SMILES string of the molecule is CC(C)(C)c1ccc(-c2csc(NC(=O)CN3CCSC3=O)n2)cc1. The molecule has 2 aromatic rings. The van der Waals surface area contributed by atoms with Gasteiger partial charge in [0.2, 0.25) is 5.91 Å². The summed E-state index contributed by atoms with van der Waals surface area (Å²) in [7, 11) is 0. The average molecular weight is 376 g/mol. The monoisotopic (exact) mass is 375 g/mol. The predicted molar refractivity (Wildman–Crippen MR) is 104 cm³/mol. The second-order valence-corrected chi connectivity index (χ2v) is 8.85. The first kappa shape index (κ1) is 17.9. The zero-order valence-electron chi connectivity index (χ0n) is 14.5. The first-order chi connectivity index (χ1) is 11.8. The Kier molecular flexibility index (Phi) is 5.15. The second-order valence-electron chi connectivity index (χ2n) is 6.95. The van der Waals surface area contributed by atoms with Crippen LogP contribution in [0.5, 0.6) is 0 Å². The minimum atomic E-state index is -0.208. The van der Waals surface area contributed by atoms with Crippen LogP contribution in [0.15, 0.2) is 29.6 Å². The summed E-state index contributed by atoms with van der Waals surface area (Å²) >= 11 is 2.64. The molecule has 2 amide bonds. The molecule has 0 aliphatic carbocycles. The Bertz CT molecular complexity index is 778. The zero-order chi connectivity index (χ0) is 18.0. The van der Waals surface area contributed by atoms with Crippen LogP contribution in [0.2, 0.25) is 0 Å². The fraction of sp³-hybridized carbons (Fsp3) is 0.389. The first-order valence-electron chi connectivity index (χ1n) is 8.11. The van der Waals surface area contributed by atoms with Crippen LogP contribution in [0.4, 0.5) is 9.93 Å². The summed E-state index contributed by atoms with van der Waals surface area (Å²) in [5.74, 6) is 0.540. The Morgan fingerprint density at radius 3 is 2.60 bits per heavy atom. The molecule has 0 saturated carbocycles. The van der Waals surface area contributed by atoms with Crippen molar-refractivity contribution in [3.05, 3.63) is 35.2 Å². The van der Waals surface area contributed by atoms with E-state index in [-0.39, 0.29) is 23.1 Å². The van der Waals surface area contributed by atoms with Crippen LogP contribution < -0.4 is 5.32 Å². The second kappa shape index (κ2) is 7.17. The molecule has 25 heavy (non-hydrogen) atoms. The molecule has 1 saturated heterocycles. The lowest BCUT2D eigenvalue weighted by Gasteiger charge is -2.18. The van der Waals surface area contributed by atoms with Gasteiger partial charge in [0.1, 0.15) is 6.54 Å². The van der Waals surface area contributed by atoms with Gasteiger partial charge >= 0.3 is 0 Å². The minimum absolute atomic E-state index is 0.0334. The number of carbonyl (C=O) groups is 2. The standard InChI is InChI=1S/C18H21N3O2S2/c1-18(2,3)13-6-4-12(5-7-13)14-11-25-16(19-14)20-15(22)10-21-8-9-24-17(21)23/h4-7,11H,8-10H2,1-3H3,(H,19,20,22). The van der Waals surface area contributed by atoms with Crippen molar-refractivity contribution >= 4 is 39.4 Å². The lowest BCUT2D eigenvalue weighted by atomic mass is 9.86. The molecule has 1 N–H and O–H groups in total. The molecule has 1 aromatic heterocycles. The molecule has 0 bridgehead atoms. The third-order valence-corrected chi connectivity index (χ3v) is 5.63. The summed E-state index contributed by atoms with van der Waals surface area (Å²) in [6, 6.07) is 8.34. The van der Waals surface area contributed by atoms with Gasteiger partial charge in [-0.05, 0) is 11.0 Å². The summed E-state index contributed by atoms with van der Waals surface area (Å²) in [5, 5.41) is 5.23. The van der Waals surface area contributed by atoms with Gasteiger partial charge in [-0.15, -0.1) is 11.3 Å². The van der Waals surface area contributed by atoms with Crippen molar-refractivity contribution in [3.8, 4) is 11.3 Å². The highest BCUT2D eigenvalue weighted by Gasteiger charge is 2.23. The van der Waals surface area contributed by atoms with Crippen molar-refractivity contribution in [2.24, 2.45) is 0 Å². The highest BCUT2D eigenvalue weighted by atomic mass is 32.2. The van der Waals surface area contributed by atoms with E-state index in [0.29, 0.717) is 11.7 Å². The van der Waals surface area contributed by atoms with Gasteiger partial charge < -0.3 is 10.2 Å². The predicted octanol–water partition coefficient (Wildman–Crippen LogP) is 4.21. The highest BCUT2D eigenvalue weighted by molar-refractivity contribution is 8.13. The number of hydrogen-bond donors (Lipinski definition) is 1. The van der Waals surface area contributed by atoms with Gasteiger partial charge in [0.05, 0.1) is 5.69 Å². The first-order valence-corrected chi connectivity index (χ1v) is 9.97. The van der Waals surface area contributed by atoms with Gasteiger partial charge in [-0.3, -0.25) is 9.59 Å². The maximum atomic E-state index is 12.1. The number of anilines is 1. The number of amides is 2. The van der Waals surface area contributed by atoms with Crippen LogP contribution in [0.1, 0.15) is 26.3 Å². The fourth-order valence-electron chi connectivity index (χ4n) is 2.51. The molecule has 0 spiro atoms. The van der Waals surface area contributed by atoms with Crippen LogP contribution >= 0.6 is 23.1 Å². The van der Waals surface area contributed by atoms with Crippen LogP contribution in [0.3, 0.4) is 0 Å². The molecule has 3 rings (SSSR count). The number of thiazole rings is 1. The quantitative estimate of drug-likeness (QED) is 0.869. The van der Waals surface area contributed by atoms with Crippen molar-refractivity contribution in [2.45, 2.75) is 26.2 Å². The lowest BCUT2D eigenvalue weighted by molar-refractivity contribution is -0.116. The van der Waals surface area contributed by atoms with Gasteiger partial charge in [0.15, 0.2) is 5.13 Å². The van der Waals surface area contributed by atoms with E-state index in [1.165, 1.54) is 28.7 Å². The third kappa shape index (κ3) is 4.41. The molecule has 132 valence electrons. The van der Waals surface area contributed by atoms with E-state index in [4.69, 9.17) is 0 Å². The van der Waals surface area contributed by atoms with E-state index in [0.717, 1.165) is 17.0 Å². The Labute approximate surface area is 155 Å². The lowest BCUT2D eigenvalue weighted by Crippen LogP contribution is -2.33. The molecular weight excluding hydrogens is 354 g/mol. The van der Waals surface area contributed by atoms with E-state index in [1.54, 1.807) is 4.90 Å². The Hall–Kier alpha value is -1.86. The zero-order valence-corrected chi connectivity index (χ0v) is 16.2. The van der Waals surface area contributed by atoms with Gasteiger partial charge in [-0.1, -0.05) is 56.8 Å². The van der Waals surface area contributed by atoms with E-state index in [1.807, 2.05) is 5.38 Å². The van der Waals surface area contributed by atoms with Gasteiger partial charge in [0, 0.05) is 23.2 Å². The molecule has 1 aromatic carbocycles. The topological polar surface area (TPSA) is 62.3 Å². The molecular formula is C18H21N3O2S2. The number of benzene rings is 1. The number of nitrogens with zero attached hydrogens (tertiary/aromatic N) is 2. The molecule has 0 atom stereocenters. The van der Waals surface area contributed by atoms with Crippen molar-refractivity contribution in [2.75, 3.05) is 24.2 Å². The van der Waals surface area contributed by atoms with Crippen LogP contribution in [-0.4, -0.2) is 39.9 Å². The summed E-state index contributed by atoms with van der Waals surface area (Å²) in [4.78, 5) is 29.7. The Morgan fingerprint density at radius 1 is 1.28 bits per heavy atom. The summed E-state index contributed by atoms with van der Waals surface area (Å²) in [6.07, 6.45) is 0.